The molecule has 2 aromatic rings. The number of aromatic hydroxyl groups is 1. The number of hydrogen-bond donors (Lipinski definition) is 1. The van der Waals surface area contributed by atoms with Gasteiger partial charge in [-0.2, -0.15) is 5.01 Å². The molecule has 0 saturated heterocycles. The molecule has 1 aliphatic rings. The van der Waals surface area contributed by atoms with Crippen LogP contribution in [0.4, 0.5) is 4.39 Å². The predicted octanol–water partition coefficient (Wildman–Crippen LogP) is 2.94. The lowest BCUT2D eigenvalue weighted by atomic mass is 10.0. The van der Waals surface area contributed by atoms with E-state index in [1.165, 1.54) is 42.3 Å². The first-order valence-electron chi connectivity index (χ1n) is 7.04. The van der Waals surface area contributed by atoms with Crippen LogP contribution in [0.3, 0.4) is 0 Å². The SMILES string of the molecule is CC(=O)N1N=C(c2ccccc2O)O[C@@]1(C)c1ccc(F)cc1. The van der Waals surface area contributed by atoms with Gasteiger partial charge in [0, 0.05) is 19.4 Å². The Bertz CT molecular complexity index is 789. The quantitative estimate of drug-likeness (QED) is 0.927. The van der Waals surface area contributed by atoms with Crippen molar-refractivity contribution in [3.63, 3.8) is 0 Å². The molecule has 2 aromatic carbocycles. The Labute approximate surface area is 132 Å². The van der Waals surface area contributed by atoms with Gasteiger partial charge in [-0.25, -0.2) is 4.39 Å². The number of ether oxygens (including phenoxy) is 1. The molecule has 1 heterocycles. The van der Waals surface area contributed by atoms with Gasteiger partial charge in [-0.15, -0.1) is 5.10 Å². The summed E-state index contributed by atoms with van der Waals surface area (Å²) in [6.07, 6.45) is 0. The lowest BCUT2D eigenvalue weighted by Gasteiger charge is -2.31. The molecule has 3 rings (SSSR count). The maximum absolute atomic E-state index is 13.2. The second-order valence-corrected chi connectivity index (χ2v) is 5.34. The topological polar surface area (TPSA) is 62.1 Å². The average Bonchev–Trinajstić information content (AvgIpc) is 2.87. The number of rotatable bonds is 2. The summed E-state index contributed by atoms with van der Waals surface area (Å²) in [5, 5.41) is 15.3. The van der Waals surface area contributed by atoms with Gasteiger partial charge in [-0.05, 0) is 24.3 Å². The molecule has 6 heteroatoms. The third-order valence-corrected chi connectivity index (χ3v) is 3.70. The number of amides is 1. The lowest BCUT2D eigenvalue weighted by Crippen LogP contribution is -2.41. The molecule has 5 nitrogen and oxygen atoms in total. The molecule has 0 spiro atoms. The second-order valence-electron chi connectivity index (χ2n) is 5.34. The number of phenolic OH excluding ortho intramolecular Hbond substituents is 1. The Morgan fingerprint density at radius 3 is 2.48 bits per heavy atom. The van der Waals surface area contributed by atoms with E-state index < -0.39 is 5.72 Å². The predicted molar refractivity (Wildman–Crippen MR) is 82.0 cm³/mol. The van der Waals surface area contributed by atoms with E-state index in [1.54, 1.807) is 25.1 Å². The maximum atomic E-state index is 13.2. The third-order valence-electron chi connectivity index (χ3n) is 3.70. The molecular formula is C17H15FN2O3. The summed E-state index contributed by atoms with van der Waals surface area (Å²) in [6.45, 7) is 3.03. The van der Waals surface area contributed by atoms with E-state index in [0.717, 1.165) is 0 Å². The number of carbonyl (C=O) groups is 1. The number of benzene rings is 2. The number of phenols is 1. The van der Waals surface area contributed by atoms with Crippen molar-refractivity contribution < 1.29 is 19.0 Å². The molecule has 0 saturated carbocycles. The monoisotopic (exact) mass is 314 g/mol. The largest absolute Gasteiger partial charge is 0.507 e. The minimum atomic E-state index is -1.21. The summed E-state index contributed by atoms with van der Waals surface area (Å²) in [5.41, 5.74) is -0.259. The van der Waals surface area contributed by atoms with E-state index >= 15 is 0 Å². The smallest absolute Gasteiger partial charge is 0.245 e. The summed E-state index contributed by atoms with van der Waals surface area (Å²) in [7, 11) is 0. The number of carbonyl (C=O) groups excluding carboxylic acids is 1. The molecule has 0 aromatic heterocycles. The zero-order valence-corrected chi connectivity index (χ0v) is 12.7. The molecule has 1 aliphatic heterocycles. The summed E-state index contributed by atoms with van der Waals surface area (Å²) < 4.78 is 19.1. The molecule has 0 bridgehead atoms. The molecule has 1 N–H and O–H groups in total. The zero-order chi connectivity index (χ0) is 16.6. The van der Waals surface area contributed by atoms with Crippen LogP contribution in [-0.4, -0.2) is 21.9 Å². The van der Waals surface area contributed by atoms with Crippen LogP contribution in [0.25, 0.3) is 0 Å². The average molecular weight is 314 g/mol. The third kappa shape index (κ3) is 2.52. The molecule has 1 atom stereocenters. The molecule has 0 unspecified atom stereocenters. The van der Waals surface area contributed by atoms with Crippen LogP contribution >= 0.6 is 0 Å². The number of halogens is 1. The van der Waals surface area contributed by atoms with E-state index in [2.05, 4.69) is 5.10 Å². The second kappa shape index (κ2) is 5.39. The van der Waals surface area contributed by atoms with Crippen molar-refractivity contribution in [3.05, 3.63) is 65.5 Å². The van der Waals surface area contributed by atoms with Crippen molar-refractivity contribution in [1.82, 2.24) is 5.01 Å². The van der Waals surface area contributed by atoms with E-state index in [0.29, 0.717) is 11.1 Å². The van der Waals surface area contributed by atoms with E-state index in [9.17, 15) is 14.3 Å². The highest BCUT2D eigenvalue weighted by molar-refractivity contribution is 5.99. The number of para-hydroxylation sites is 1. The molecule has 0 fully saturated rings. The van der Waals surface area contributed by atoms with Crippen LogP contribution in [0.2, 0.25) is 0 Å². The van der Waals surface area contributed by atoms with Crippen LogP contribution in [-0.2, 0) is 15.3 Å². The maximum Gasteiger partial charge on any atom is 0.245 e. The normalized spacial score (nSPS) is 20.1. The van der Waals surface area contributed by atoms with Gasteiger partial charge in [-0.1, -0.05) is 24.3 Å². The molecule has 1 amide bonds. The fourth-order valence-electron chi connectivity index (χ4n) is 2.51. The highest BCUT2D eigenvalue weighted by Crippen LogP contribution is 2.37. The minimum absolute atomic E-state index is 0.00175. The molecule has 23 heavy (non-hydrogen) atoms. The van der Waals surface area contributed by atoms with Crippen molar-refractivity contribution in [1.29, 1.82) is 0 Å². The first kappa shape index (κ1) is 15.0. The summed E-state index contributed by atoms with van der Waals surface area (Å²) >= 11 is 0. The highest BCUT2D eigenvalue weighted by atomic mass is 19.1. The molecular weight excluding hydrogens is 299 g/mol. The Hall–Kier alpha value is -2.89. The van der Waals surface area contributed by atoms with Crippen molar-refractivity contribution >= 4 is 11.8 Å². The van der Waals surface area contributed by atoms with Gasteiger partial charge in [-0.3, -0.25) is 4.79 Å². The van der Waals surface area contributed by atoms with E-state index in [1.807, 2.05) is 0 Å². The van der Waals surface area contributed by atoms with Crippen molar-refractivity contribution in [2.75, 3.05) is 0 Å². The summed E-state index contributed by atoms with van der Waals surface area (Å²) in [5.74, 6) is -0.586. The standard InChI is InChI=1S/C17H15FN2O3/c1-11(21)20-17(2,12-7-9-13(18)10-8-12)23-16(19-20)14-5-3-4-6-15(14)22/h3-10,22H,1-2H3/t17-/m0/s1. The Kier molecular flexibility index (Phi) is 3.52. The van der Waals surface area contributed by atoms with Crippen LogP contribution in [0.1, 0.15) is 25.0 Å². The Morgan fingerprint density at radius 2 is 1.87 bits per heavy atom. The molecule has 0 aliphatic carbocycles. The first-order valence-corrected chi connectivity index (χ1v) is 7.04. The molecule has 0 radical (unpaired) electrons. The number of hydrogen-bond acceptors (Lipinski definition) is 4. The van der Waals surface area contributed by atoms with Crippen LogP contribution in [0.5, 0.6) is 5.75 Å². The lowest BCUT2D eigenvalue weighted by molar-refractivity contribution is -0.146. The van der Waals surface area contributed by atoms with E-state index in [-0.39, 0.29) is 23.4 Å². The van der Waals surface area contributed by atoms with Gasteiger partial charge in [0.25, 0.3) is 0 Å². The van der Waals surface area contributed by atoms with Gasteiger partial charge in [0.15, 0.2) is 0 Å². The van der Waals surface area contributed by atoms with Crippen molar-refractivity contribution in [2.24, 2.45) is 5.10 Å². The van der Waals surface area contributed by atoms with Crippen LogP contribution in [0, 0.1) is 5.82 Å². The van der Waals surface area contributed by atoms with Crippen LogP contribution < -0.4 is 0 Å². The highest BCUT2D eigenvalue weighted by Gasteiger charge is 2.45. The number of hydrazone groups is 1. The molecule has 118 valence electrons. The fraction of sp³-hybridized carbons (Fsp3) is 0.176. The van der Waals surface area contributed by atoms with E-state index in [4.69, 9.17) is 4.74 Å². The number of nitrogens with zero attached hydrogens (tertiary/aromatic N) is 2. The summed E-state index contributed by atoms with van der Waals surface area (Å²) in [4.78, 5) is 12.0. The summed E-state index contributed by atoms with van der Waals surface area (Å²) in [6, 6.07) is 12.2. The van der Waals surface area contributed by atoms with Crippen LogP contribution in [0.15, 0.2) is 53.6 Å². The zero-order valence-electron chi connectivity index (χ0n) is 12.7. The van der Waals surface area contributed by atoms with Gasteiger partial charge < -0.3 is 9.84 Å². The Balaban J connectivity index is 2.05. The van der Waals surface area contributed by atoms with Gasteiger partial charge >= 0.3 is 0 Å². The Morgan fingerprint density at radius 1 is 1.22 bits per heavy atom. The van der Waals surface area contributed by atoms with Crippen molar-refractivity contribution in [3.8, 4) is 5.75 Å². The van der Waals surface area contributed by atoms with Crippen molar-refractivity contribution in [2.45, 2.75) is 19.6 Å². The first-order chi connectivity index (χ1) is 10.9. The van der Waals surface area contributed by atoms with Gasteiger partial charge in [0.05, 0.1) is 5.56 Å². The van der Waals surface area contributed by atoms with Gasteiger partial charge in [0.1, 0.15) is 11.6 Å². The van der Waals surface area contributed by atoms with Gasteiger partial charge in [0.2, 0.25) is 17.5 Å². The minimum Gasteiger partial charge on any atom is -0.507 e. The fourth-order valence-corrected chi connectivity index (χ4v) is 2.51.